The van der Waals surface area contributed by atoms with Gasteiger partial charge in [0.1, 0.15) is 0 Å². The summed E-state index contributed by atoms with van der Waals surface area (Å²) >= 11 is 0. The van der Waals surface area contributed by atoms with Gasteiger partial charge in [-0.3, -0.25) is 0 Å². The zero-order chi connectivity index (χ0) is 10.1. The number of nitrogens with two attached hydrogens (primary N) is 1. The normalized spacial score (nSPS) is 10.9. The van der Waals surface area contributed by atoms with Crippen LogP contribution in [0.2, 0.25) is 0 Å². The quantitative estimate of drug-likeness (QED) is 0.631. The molecule has 0 saturated heterocycles. The highest BCUT2D eigenvalue weighted by atomic mass is 19.4. The van der Waals surface area contributed by atoms with Crippen molar-refractivity contribution in [3.05, 3.63) is 29.3 Å². The molecular weight excluding hydrogens is 181 g/mol. The third-order valence-corrected chi connectivity index (χ3v) is 1.47. The summed E-state index contributed by atoms with van der Waals surface area (Å²) in [4.78, 5) is 0. The minimum Gasteiger partial charge on any atom is -0.399 e. The molecule has 0 aliphatic rings. The number of rotatable bonds is 0. The molecule has 0 saturated carbocycles. The molecule has 1 rings (SSSR count). The zero-order valence-electron chi connectivity index (χ0n) is 6.39. The van der Waals surface area contributed by atoms with Crippen LogP contribution in [-0.2, 0) is 6.18 Å². The first-order valence-corrected chi connectivity index (χ1v) is 3.32. The molecule has 0 atom stereocenters. The Morgan fingerprint density at radius 1 is 1.31 bits per heavy atom. The van der Waals surface area contributed by atoms with Gasteiger partial charge in [0.2, 0.25) is 0 Å². The molecule has 0 fully saturated rings. The Hall–Kier alpha value is -1.70. The molecule has 0 aliphatic heterocycles. The molecule has 2 N–H and O–H groups in total. The van der Waals surface area contributed by atoms with Crippen LogP contribution >= 0.6 is 0 Å². The standard InChI is InChI=1S/C8H5F3N2/c9-8(10,11)7-2-1-6(13)3-5(7)4-12/h1-3H,13H2. The third-order valence-electron chi connectivity index (χ3n) is 1.47. The van der Waals surface area contributed by atoms with Gasteiger partial charge in [0.25, 0.3) is 0 Å². The first-order chi connectivity index (χ1) is 5.95. The predicted molar refractivity (Wildman–Crippen MR) is 40.6 cm³/mol. The van der Waals surface area contributed by atoms with E-state index in [4.69, 9.17) is 11.0 Å². The maximum absolute atomic E-state index is 12.2. The molecule has 0 spiro atoms. The fourth-order valence-corrected chi connectivity index (χ4v) is 0.902. The van der Waals surface area contributed by atoms with Gasteiger partial charge >= 0.3 is 6.18 Å². The van der Waals surface area contributed by atoms with E-state index in [9.17, 15) is 13.2 Å². The lowest BCUT2D eigenvalue weighted by Gasteiger charge is -2.08. The molecule has 13 heavy (non-hydrogen) atoms. The minimum absolute atomic E-state index is 0.143. The monoisotopic (exact) mass is 186 g/mol. The van der Waals surface area contributed by atoms with Crippen molar-refractivity contribution in [1.29, 1.82) is 5.26 Å². The van der Waals surface area contributed by atoms with E-state index < -0.39 is 17.3 Å². The molecule has 5 heteroatoms. The molecule has 0 bridgehead atoms. The Morgan fingerprint density at radius 3 is 2.38 bits per heavy atom. The topological polar surface area (TPSA) is 49.8 Å². The Balaban J connectivity index is 3.32. The van der Waals surface area contributed by atoms with E-state index in [1.54, 1.807) is 0 Å². The van der Waals surface area contributed by atoms with E-state index >= 15 is 0 Å². The number of halogens is 3. The summed E-state index contributed by atoms with van der Waals surface area (Å²) < 4.78 is 36.5. The maximum atomic E-state index is 12.2. The van der Waals surface area contributed by atoms with E-state index in [0.29, 0.717) is 0 Å². The Bertz CT molecular complexity index is 363. The molecule has 1 aromatic carbocycles. The van der Waals surface area contributed by atoms with Crippen molar-refractivity contribution in [1.82, 2.24) is 0 Å². The van der Waals surface area contributed by atoms with Crippen molar-refractivity contribution in [2.24, 2.45) is 0 Å². The van der Waals surface area contributed by atoms with Crippen LogP contribution in [-0.4, -0.2) is 0 Å². The van der Waals surface area contributed by atoms with Crippen LogP contribution in [0.4, 0.5) is 18.9 Å². The largest absolute Gasteiger partial charge is 0.417 e. The average molecular weight is 186 g/mol. The number of benzene rings is 1. The van der Waals surface area contributed by atoms with E-state index in [1.165, 1.54) is 6.07 Å². The molecule has 1 aromatic rings. The number of anilines is 1. The summed E-state index contributed by atoms with van der Waals surface area (Å²) in [5, 5.41) is 8.40. The van der Waals surface area contributed by atoms with Crippen molar-refractivity contribution in [2.75, 3.05) is 5.73 Å². The van der Waals surface area contributed by atoms with Crippen molar-refractivity contribution >= 4 is 5.69 Å². The summed E-state index contributed by atoms with van der Waals surface area (Å²) in [5.41, 5.74) is 3.97. The van der Waals surface area contributed by atoms with E-state index in [2.05, 4.69) is 0 Å². The van der Waals surface area contributed by atoms with Gasteiger partial charge in [-0.15, -0.1) is 0 Å². The first-order valence-electron chi connectivity index (χ1n) is 3.32. The van der Waals surface area contributed by atoms with Crippen LogP contribution < -0.4 is 5.73 Å². The Kier molecular flexibility index (Phi) is 2.15. The number of hydrogen-bond donors (Lipinski definition) is 1. The van der Waals surface area contributed by atoms with Crippen LogP contribution in [0.25, 0.3) is 0 Å². The predicted octanol–water partition coefficient (Wildman–Crippen LogP) is 2.16. The zero-order valence-corrected chi connectivity index (χ0v) is 6.39. The third kappa shape index (κ3) is 1.90. The van der Waals surface area contributed by atoms with Crippen LogP contribution in [0.15, 0.2) is 18.2 Å². The van der Waals surface area contributed by atoms with Gasteiger partial charge in [0.15, 0.2) is 0 Å². The van der Waals surface area contributed by atoms with Gasteiger partial charge < -0.3 is 5.73 Å². The number of nitrogens with zero attached hydrogens (tertiary/aromatic N) is 1. The maximum Gasteiger partial charge on any atom is 0.417 e. The number of hydrogen-bond acceptors (Lipinski definition) is 2. The average Bonchev–Trinajstić information content (AvgIpc) is 2.01. The van der Waals surface area contributed by atoms with E-state index in [-0.39, 0.29) is 5.69 Å². The lowest BCUT2D eigenvalue weighted by atomic mass is 10.1. The van der Waals surface area contributed by atoms with Crippen molar-refractivity contribution in [2.45, 2.75) is 6.18 Å². The van der Waals surface area contributed by atoms with Crippen molar-refractivity contribution in [3.8, 4) is 6.07 Å². The highest BCUT2D eigenvalue weighted by molar-refractivity contribution is 5.50. The summed E-state index contributed by atoms with van der Waals surface area (Å²) in [6.45, 7) is 0. The molecule has 0 aliphatic carbocycles. The van der Waals surface area contributed by atoms with E-state index in [0.717, 1.165) is 18.2 Å². The lowest BCUT2D eigenvalue weighted by molar-refractivity contribution is -0.137. The fourth-order valence-electron chi connectivity index (χ4n) is 0.902. The van der Waals surface area contributed by atoms with Crippen molar-refractivity contribution in [3.63, 3.8) is 0 Å². The van der Waals surface area contributed by atoms with Crippen LogP contribution in [0.3, 0.4) is 0 Å². The SMILES string of the molecule is N#Cc1cc(N)ccc1C(F)(F)F. The van der Waals surface area contributed by atoms with Crippen LogP contribution in [0, 0.1) is 11.3 Å². The smallest absolute Gasteiger partial charge is 0.399 e. The minimum atomic E-state index is -4.50. The highest BCUT2D eigenvalue weighted by Crippen LogP contribution is 2.32. The number of alkyl halides is 3. The number of nitrogen functional groups attached to an aromatic ring is 1. The van der Waals surface area contributed by atoms with Gasteiger partial charge in [-0.2, -0.15) is 18.4 Å². The van der Waals surface area contributed by atoms with Gasteiger partial charge in [-0.25, -0.2) is 0 Å². The van der Waals surface area contributed by atoms with Crippen LogP contribution in [0.5, 0.6) is 0 Å². The Morgan fingerprint density at radius 2 is 1.92 bits per heavy atom. The lowest BCUT2D eigenvalue weighted by Crippen LogP contribution is -2.07. The van der Waals surface area contributed by atoms with Crippen LogP contribution in [0.1, 0.15) is 11.1 Å². The summed E-state index contributed by atoms with van der Waals surface area (Å²) in [6, 6.07) is 4.36. The molecule has 0 heterocycles. The van der Waals surface area contributed by atoms with Gasteiger partial charge in [-0.05, 0) is 18.2 Å². The Labute approximate surface area is 72.4 Å². The second-order valence-electron chi connectivity index (χ2n) is 2.41. The second kappa shape index (κ2) is 2.98. The van der Waals surface area contributed by atoms with E-state index in [1.807, 2.05) is 0 Å². The first kappa shape index (κ1) is 9.39. The molecule has 0 radical (unpaired) electrons. The molecule has 2 nitrogen and oxygen atoms in total. The van der Waals surface area contributed by atoms with Gasteiger partial charge in [0.05, 0.1) is 17.2 Å². The molecule has 68 valence electrons. The summed E-state index contributed by atoms with van der Waals surface area (Å²) in [7, 11) is 0. The number of nitriles is 1. The summed E-state index contributed by atoms with van der Waals surface area (Å²) in [6.07, 6.45) is -4.50. The molecule has 0 amide bonds. The van der Waals surface area contributed by atoms with Gasteiger partial charge in [-0.1, -0.05) is 0 Å². The van der Waals surface area contributed by atoms with Gasteiger partial charge in [0, 0.05) is 5.69 Å². The molecule has 0 aromatic heterocycles. The second-order valence-corrected chi connectivity index (χ2v) is 2.41. The summed E-state index contributed by atoms with van der Waals surface area (Å²) in [5.74, 6) is 0. The highest BCUT2D eigenvalue weighted by Gasteiger charge is 2.33. The fraction of sp³-hybridized carbons (Fsp3) is 0.125. The van der Waals surface area contributed by atoms with Crippen molar-refractivity contribution < 1.29 is 13.2 Å². The molecule has 0 unspecified atom stereocenters. The molecular formula is C8H5F3N2.